The molecule has 1 rings (SSSR count). The first-order valence-electron chi connectivity index (χ1n) is 3.65. The second-order valence-electron chi connectivity index (χ2n) is 2.61. The highest BCUT2D eigenvalue weighted by Crippen LogP contribution is 2.12. The van der Waals surface area contributed by atoms with Crippen molar-refractivity contribution in [2.75, 3.05) is 7.05 Å². The van der Waals surface area contributed by atoms with Gasteiger partial charge in [-0.1, -0.05) is 12.2 Å². The largest absolute Gasteiger partial charge is 0.289 e. The smallest absolute Gasteiger partial charge is 0.187 e. The molecule has 3 heteroatoms. The van der Waals surface area contributed by atoms with Gasteiger partial charge in [0.25, 0.3) is 0 Å². The van der Waals surface area contributed by atoms with E-state index in [1.807, 2.05) is 0 Å². The lowest BCUT2D eigenvalue weighted by molar-refractivity contribution is -0.111. The molecule has 0 radical (unpaired) electrons. The van der Waals surface area contributed by atoms with Crippen molar-refractivity contribution in [1.82, 2.24) is 5.06 Å². The van der Waals surface area contributed by atoms with E-state index in [0.717, 1.165) is 5.06 Å². The Kier molecular flexibility index (Phi) is 2.45. The first-order chi connectivity index (χ1) is 5.63. The molecular formula is C9H11NO2. The highest BCUT2D eigenvalue weighted by molar-refractivity contribution is 6.07. The van der Waals surface area contributed by atoms with Gasteiger partial charge in [0.05, 0.1) is 0 Å². The molecule has 0 fully saturated rings. The molecule has 0 amide bonds. The molecule has 0 heterocycles. The van der Waals surface area contributed by atoms with Crippen LogP contribution in [0.25, 0.3) is 0 Å². The fourth-order valence-electron chi connectivity index (χ4n) is 0.940. The Bertz CT molecular complexity index is 285. The van der Waals surface area contributed by atoms with Crippen LogP contribution >= 0.6 is 0 Å². The molecule has 0 bridgehead atoms. The van der Waals surface area contributed by atoms with Gasteiger partial charge >= 0.3 is 0 Å². The summed E-state index contributed by atoms with van der Waals surface area (Å²) in [5.74, 6) is -0.0732. The van der Waals surface area contributed by atoms with E-state index in [9.17, 15) is 4.79 Å². The van der Waals surface area contributed by atoms with Crippen LogP contribution in [0.3, 0.4) is 0 Å². The zero-order chi connectivity index (χ0) is 9.14. The van der Waals surface area contributed by atoms with Crippen molar-refractivity contribution in [3.63, 3.8) is 0 Å². The number of carbonyl (C=O) groups excluding carboxylic acids is 1. The topological polar surface area (TPSA) is 40.5 Å². The van der Waals surface area contributed by atoms with Crippen molar-refractivity contribution >= 4 is 5.78 Å². The van der Waals surface area contributed by atoms with Crippen LogP contribution in [0.4, 0.5) is 0 Å². The number of allylic oxidation sites excluding steroid dienone is 6. The summed E-state index contributed by atoms with van der Waals surface area (Å²) < 4.78 is 0. The molecule has 3 nitrogen and oxygen atoms in total. The van der Waals surface area contributed by atoms with Gasteiger partial charge in [0.2, 0.25) is 0 Å². The van der Waals surface area contributed by atoms with E-state index in [2.05, 4.69) is 0 Å². The molecule has 0 saturated carbocycles. The third-order valence-electron chi connectivity index (χ3n) is 1.76. The Labute approximate surface area is 71.3 Å². The Morgan fingerprint density at radius 1 is 1.42 bits per heavy atom. The molecule has 0 aliphatic heterocycles. The molecule has 0 saturated heterocycles. The number of hydrogen-bond acceptors (Lipinski definition) is 3. The Morgan fingerprint density at radius 3 is 2.50 bits per heavy atom. The van der Waals surface area contributed by atoms with Crippen LogP contribution in [0, 0.1) is 0 Å². The SMILES string of the molecule is C/C(=C1/C=CC=CC1=O)N(C)O. The first-order valence-corrected chi connectivity index (χ1v) is 3.65. The van der Waals surface area contributed by atoms with Crippen molar-refractivity contribution in [2.24, 2.45) is 0 Å². The van der Waals surface area contributed by atoms with Gasteiger partial charge in [-0.2, -0.15) is 0 Å². The van der Waals surface area contributed by atoms with Gasteiger partial charge in [-0.15, -0.1) is 0 Å². The van der Waals surface area contributed by atoms with Crippen molar-refractivity contribution in [1.29, 1.82) is 0 Å². The average Bonchev–Trinajstić information content (AvgIpc) is 2.04. The van der Waals surface area contributed by atoms with Crippen LogP contribution in [0.15, 0.2) is 35.6 Å². The minimum Gasteiger partial charge on any atom is -0.289 e. The van der Waals surface area contributed by atoms with E-state index in [0.29, 0.717) is 11.3 Å². The van der Waals surface area contributed by atoms with Crippen molar-refractivity contribution in [2.45, 2.75) is 6.92 Å². The molecule has 1 N–H and O–H groups in total. The summed E-state index contributed by atoms with van der Waals surface area (Å²) in [4.78, 5) is 11.2. The fourth-order valence-corrected chi connectivity index (χ4v) is 0.940. The number of hydroxylamine groups is 2. The Hall–Kier alpha value is -1.35. The summed E-state index contributed by atoms with van der Waals surface area (Å²) >= 11 is 0. The van der Waals surface area contributed by atoms with Crippen molar-refractivity contribution in [3.8, 4) is 0 Å². The maximum absolute atomic E-state index is 11.2. The molecule has 64 valence electrons. The molecule has 0 aromatic carbocycles. The lowest BCUT2D eigenvalue weighted by Gasteiger charge is -2.14. The van der Waals surface area contributed by atoms with Crippen molar-refractivity contribution < 1.29 is 10.0 Å². The minimum atomic E-state index is -0.0732. The van der Waals surface area contributed by atoms with Crippen LogP contribution in [-0.2, 0) is 4.79 Å². The molecule has 1 aliphatic carbocycles. The summed E-state index contributed by atoms with van der Waals surface area (Å²) in [6.45, 7) is 1.69. The number of ketones is 1. The number of carbonyl (C=O) groups is 1. The molecule has 0 atom stereocenters. The molecular weight excluding hydrogens is 154 g/mol. The summed E-state index contributed by atoms with van der Waals surface area (Å²) in [7, 11) is 1.49. The number of nitrogens with zero attached hydrogens (tertiary/aromatic N) is 1. The maximum atomic E-state index is 11.2. The zero-order valence-corrected chi connectivity index (χ0v) is 7.11. The van der Waals surface area contributed by atoms with Gasteiger partial charge in [-0.05, 0) is 19.1 Å². The van der Waals surface area contributed by atoms with Gasteiger partial charge in [-0.25, -0.2) is 0 Å². The maximum Gasteiger partial charge on any atom is 0.187 e. The lowest BCUT2D eigenvalue weighted by atomic mass is 10.0. The van der Waals surface area contributed by atoms with E-state index in [4.69, 9.17) is 5.21 Å². The zero-order valence-electron chi connectivity index (χ0n) is 7.11. The molecule has 0 spiro atoms. The van der Waals surface area contributed by atoms with Gasteiger partial charge in [0.15, 0.2) is 5.78 Å². The molecule has 12 heavy (non-hydrogen) atoms. The third kappa shape index (κ3) is 1.62. The predicted octanol–water partition coefficient (Wildman–Crippen LogP) is 1.28. The van der Waals surface area contributed by atoms with Crippen LogP contribution < -0.4 is 0 Å². The second kappa shape index (κ2) is 3.36. The van der Waals surface area contributed by atoms with Gasteiger partial charge in [-0.3, -0.25) is 15.1 Å². The van der Waals surface area contributed by atoms with Crippen LogP contribution in [0.1, 0.15) is 6.92 Å². The van der Waals surface area contributed by atoms with E-state index >= 15 is 0 Å². The summed E-state index contributed by atoms with van der Waals surface area (Å²) in [6, 6.07) is 0. The standard InChI is InChI=1S/C9H11NO2/c1-7(10(2)12)8-5-3-4-6-9(8)11/h3-6,12H,1-2H3/b8-7+. The molecule has 0 aromatic heterocycles. The summed E-state index contributed by atoms with van der Waals surface area (Å²) in [6.07, 6.45) is 6.60. The predicted molar refractivity (Wildman–Crippen MR) is 45.5 cm³/mol. The number of rotatable bonds is 1. The quantitative estimate of drug-likeness (QED) is 0.470. The van der Waals surface area contributed by atoms with Gasteiger partial charge in [0.1, 0.15) is 0 Å². The van der Waals surface area contributed by atoms with Gasteiger partial charge < -0.3 is 0 Å². The van der Waals surface area contributed by atoms with Crippen LogP contribution in [0.2, 0.25) is 0 Å². The molecule has 0 aromatic rings. The normalized spacial score (nSPS) is 19.8. The number of hydrogen-bond donors (Lipinski definition) is 1. The van der Waals surface area contributed by atoms with E-state index in [1.54, 1.807) is 25.2 Å². The summed E-state index contributed by atoms with van der Waals surface area (Å²) in [5.41, 5.74) is 1.09. The van der Waals surface area contributed by atoms with E-state index < -0.39 is 0 Å². The minimum absolute atomic E-state index is 0.0732. The summed E-state index contributed by atoms with van der Waals surface area (Å²) in [5, 5.41) is 10.00. The Morgan fingerprint density at radius 2 is 2.00 bits per heavy atom. The molecule has 0 unspecified atom stereocenters. The van der Waals surface area contributed by atoms with E-state index in [1.165, 1.54) is 13.1 Å². The lowest BCUT2D eigenvalue weighted by Crippen LogP contribution is -2.15. The first kappa shape index (κ1) is 8.74. The third-order valence-corrected chi connectivity index (χ3v) is 1.76. The second-order valence-corrected chi connectivity index (χ2v) is 2.61. The van der Waals surface area contributed by atoms with Crippen LogP contribution in [-0.4, -0.2) is 23.1 Å². The average molecular weight is 165 g/mol. The van der Waals surface area contributed by atoms with Crippen LogP contribution in [0.5, 0.6) is 0 Å². The van der Waals surface area contributed by atoms with Crippen molar-refractivity contribution in [3.05, 3.63) is 35.6 Å². The fraction of sp³-hybridized carbons (Fsp3) is 0.222. The Balaban J connectivity index is 3.02. The van der Waals surface area contributed by atoms with E-state index in [-0.39, 0.29) is 5.78 Å². The molecule has 1 aliphatic rings. The highest BCUT2D eigenvalue weighted by atomic mass is 16.5. The van der Waals surface area contributed by atoms with Gasteiger partial charge in [0, 0.05) is 18.3 Å². The highest BCUT2D eigenvalue weighted by Gasteiger charge is 2.10. The monoisotopic (exact) mass is 165 g/mol.